The van der Waals surface area contributed by atoms with Gasteiger partial charge in [-0.3, -0.25) is 19.2 Å². The third kappa shape index (κ3) is 14.1. The highest BCUT2D eigenvalue weighted by atomic mass is 16.6. The largest absolute Gasteiger partial charge is 0.504 e. The van der Waals surface area contributed by atoms with E-state index in [2.05, 4.69) is 16.0 Å². The van der Waals surface area contributed by atoms with E-state index in [0.29, 0.717) is 43.5 Å². The molecule has 1 aromatic rings. The lowest BCUT2D eigenvalue weighted by molar-refractivity contribution is -0.120. The van der Waals surface area contributed by atoms with Crippen molar-refractivity contribution in [3.63, 3.8) is 0 Å². The maximum absolute atomic E-state index is 14.0. The molecule has 15 heteroatoms. The van der Waals surface area contributed by atoms with Crippen LogP contribution in [0.1, 0.15) is 71.8 Å². The Labute approximate surface area is 339 Å². The van der Waals surface area contributed by atoms with Crippen molar-refractivity contribution in [3.8, 4) is 11.5 Å². The van der Waals surface area contributed by atoms with Gasteiger partial charge in [0.25, 0.3) is 5.91 Å². The minimum atomic E-state index is -1.02. The van der Waals surface area contributed by atoms with Crippen molar-refractivity contribution in [2.45, 2.75) is 90.6 Å². The molecular formula is C43H58N4O11. The lowest BCUT2D eigenvalue weighted by Gasteiger charge is -2.30. The molecule has 3 amide bonds. The number of Topliss-reactive ketones (excluding diaryl/α,β-unsaturated/α-hetero) is 1. The molecule has 0 aromatic heterocycles. The van der Waals surface area contributed by atoms with Crippen LogP contribution in [0.25, 0.3) is 6.08 Å². The van der Waals surface area contributed by atoms with E-state index in [0.717, 1.165) is 18.9 Å². The summed E-state index contributed by atoms with van der Waals surface area (Å²) < 4.78 is 16.7. The summed E-state index contributed by atoms with van der Waals surface area (Å²) in [5.41, 5.74) is 6.96. The minimum absolute atomic E-state index is 0.152. The van der Waals surface area contributed by atoms with Gasteiger partial charge in [0, 0.05) is 56.5 Å². The summed E-state index contributed by atoms with van der Waals surface area (Å²) in [7, 11) is 2.91. The van der Waals surface area contributed by atoms with Crippen LogP contribution in [0.5, 0.6) is 11.5 Å². The van der Waals surface area contributed by atoms with Crippen LogP contribution in [-0.4, -0.2) is 96.5 Å². The van der Waals surface area contributed by atoms with E-state index < -0.39 is 53.9 Å². The molecule has 1 aliphatic carbocycles. The number of hydrogen-bond acceptors (Lipinski definition) is 12. The average Bonchev–Trinajstić information content (AvgIpc) is 3.18. The number of aromatic hydroxyl groups is 2. The maximum atomic E-state index is 14.0. The number of carbonyl (C=O) groups excluding carboxylic acids is 5. The van der Waals surface area contributed by atoms with Crippen molar-refractivity contribution >= 4 is 35.6 Å². The maximum Gasteiger partial charge on any atom is 0.405 e. The van der Waals surface area contributed by atoms with E-state index in [9.17, 15) is 39.3 Å². The minimum Gasteiger partial charge on any atom is -0.504 e. The number of hydrogen-bond donors (Lipinski definition) is 7. The fourth-order valence-corrected chi connectivity index (χ4v) is 6.68. The van der Waals surface area contributed by atoms with Crippen molar-refractivity contribution in [2.75, 3.05) is 27.3 Å². The quantitative estimate of drug-likeness (QED) is 0.0490. The van der Waals surface area contributed by atoms with Crippen molar-refractivity contribution in [2.24, 2.45) is 17.6 Å². The molecular weight excluding hydrogens is 748 g/mol. The molecule has 0 fully saturated rings. The summed E-state index contributed by atoms with van der Waals surface area (Å²) in [5, 5.41) is 39.0. The molecule has 6 atom stereocenters. The number of amides is 3. The SMILES string of the molecule is CO[C@H]1/C=C\C=C(/C)C(=O)NC2=CC(=O)C(NCCCCCCNC(=O)/C=C/c3ccc(O)c(O)c3)=C(C[C@@H](C)C[C@H](OC)[C@H](O)[C@@H](C)/C=C(\C)[C@@H]1OC(N)=O)C2=O. The van der Waals surface area contributed by atoms with Gasteiger partial charge in [0.1, 0.15) is 6.10 Å². The number of nitrogens with one attached hydrogen (secondary N) is 3. The van der Waals surface area contributed by atoms with Gasteiger partial charge in [0.15, 0.2) is 17.6 Å². The number of rotatable bonds is 13. The van der Waals surface area contributed by atoms with E-state index in [-0.39, 0.29) is 52.3 Å². The molecule has 2 bridgehead atoms. The lowest BCUT2D eigenvalue weighted by Crippen LogP contribution is -2.38. The molecule has 0 unspecified atom stereocenters. The average molecular weight is 807 g/mol. The van der Waals surface area contributed by atoms with E-state index >= 15 is 0 Å². The van der Waals surface area contributed by atoms with Gasteiger partial charge in [-0.2, -0.15) is 0 Å². The van der Waals surface area contributed by atoms with Gasteiger partial charge in [0.05, 0.1) is 23.6 Å². The number of ether oxygens (including phenoxy) is 3. The van der Waals surface area contributed by atoms with E-state index in [1.807, 2.05) is 6.92 Å². The van der Waals surface area contributed by atoms with Crippen LogP contribution in [0, 0.1) is 11.8 Å². The van der Waals surface area contributed by atoms with Crippen LogP contribution in [0.4, 0.5) is 4.79 Å². The second-order valence-electron chi connectivity index (χ2n) is 14.6. The smallest absolute Gasteiger partial charge is 0.405 e. The third-order valence-electron chi connectivity index (χ3n) is 9.92. The Hall–Kier alpha value is -5.51. The van der Waals surface area contributed by atoms with Gasteiger partial charge < -0.3 is 51.2 Å². The van der Waals surface area contributed by atoms with Crippen LogP contribution >= 0.6 is 0 Å². The summed E-state index contributed by atoms with van der Waals surface area (Å²) in [4.78, 5) is 64.8. The third-order valence-corrected chi connectivity index (χ3v) is 9.92. The number of fused-ring (bicyclic) bond motifs is 2. The molecule has 1 aromatic carbocycles. The van der Waals surface area contributed by atoms with Gasteiger partial charge in [-0.15, -0.1) is 0 Å². The first-order valence-electron chi connectivity index (χ1n) is 19.4. The molecule has 0 spiro atoms. The van der Waals surface area contributed by atoms with Crippen molar-refractivity contribution in [1.29, 1.82) is 0 Å². The first-order valence-corrected chi connectivity index (χ1v) is 19.4. The summed E-state index contributed by atoms with van der Waals surface area (Å²) in [6.45, 7) is 7.80. The summed E-state index contributed by atoms with van der Waals surface area (Å²) in [6, 6.07) is 4.26. The molecule has 1 heterocycles. The highest BCUT2D eigenvalue weighted by molar-refractivity contribution is 6.23. The summed E-state index contributed by atoms with van der Waals surface area (Å²) >= 11 is 0. The number of methoxy groups -OCH3 is 2. The van der Waals surface area contributed by atoms with Crippen molar-refractivity contribution in [3.05, 3.63) is 88.3 Å². The zero-order valence-corrected chi connectivity index (χ0v) is 34.1. The first-order chi connectivity index (χ1) is 27.6. The fraction of sp³-hybridized carbons (Fsp3) is 0.465. The highest BCUT2D eigenvalue weighted by Gasteiger charge is 2.33. The zero-order valence-electron chi connectivity index (χ0n) is 34.1. The van der Waals surface area contributed by atoms with E-state index in [1.165, 1.54) is 44.6 Å². The van der Waals surface area contributed by atoms with Gasteiger partial charge in [-0.05, 0) is 74.8 Å². The first kappa shape index (κ1) is 46.9. The van der Waals surface area contributed by atoms with Crippen molar-refractivity contribution in [1.82, 2.24) is 16.0 Å². The molecule has 316 valence electrons. The van der Waals surface area contributed by atoms with Gasteiger partial charge in [-0.1, -0.05) is 57.1 Å². The van der Waals surface area contributed by atoms with E-state index in [1.54, 1.807) is 45.1 Å². The van der Waals surface area contributed by atoms with Crippen molar-refractivity contribution < 1.29 is 53.5 Å². The summed E-state index contributed by atoms with van der Waals surface area (Å²) in [5.74, 6) is -3.10. The number of benzene rings is 1. The Morgan fingerprint density at radius 1 is 1.00 bits per heavy atom. The Kier molecular flexibility index (Phi) is 18.6. The van der Waals surface area contributed by atoms with E-state index in [4.69, 9.17) is 19.9 Å². The lowest BCUT2D eigenvalue weighted by atomic mass is 9.85. The number of allylic oxidation sites excluding steroid dienone is 4. The molecule has 0 radical (unpaired) electrons. The molecule has 1 aliphatic heterocycles. The molecule has 15 nitrogen and oxygen atoms in total. The van der Waals surface area contributed by atoms with Gasteiger partial charge in [0.2, 0.25) is 17.5 Å². The van der Waals surface area contributed by atoms with Gasteiger partial charge >= 0.3 is 6.09 Å². The number of phenolic OH excluding ortho intramolecular Hbond substituents is 2. The topological polar surface area (TPSA) is 236 Å². The van der Waals surface area contributed by atoms with Crippen LogP contribution in [0.15, 0.2) is 82.8 Å². The zero-order chi connectivity index (χ0) is 42.9. The predicted molar refractivity (Wildman–Crippen MR) is 218 cm³/mol. The second-order valence-corrected chi connectivity index (χ2v) is 14.6. The highest BCUT2D eigenvalue weighted by Crippen LogP contribution is 2.29. The fourth-order valence-electron chi connectivity index (χ4n) is 6.68. The Balaban J connectivity index is 1.74. The second kappa shape index (κ2) is 23.0. The van der Waals surface area contributed by atoms with Gasteiger partial charge in [-0.25, -0.2) is 4.79 Å². The number of carbonyl (C=O) groups is 5. The number of phenols is 2. The molecule has 0 saturated heterocycles. The number of aliphatic hydroxyl groups is 1. The number of unbranched alkanes of at least 4 members (excludes halogenated alkanes) is 3. The molecule has 58 heavy (non-hydrogen) atoms. The molecule has 8 N–H and O–H groups in total. The molecule has 3 rings (SSSR count). The number of primary amides is 1. The van der Waals surface area contributed by atoms with Crippen LogP contribution < -0.4 is 21.7 Å². The number of nitrogens with two attached hydrogens (primary N) is 1. The number of aliphatic hydroxyl groups excluding tert-OH is 1. The Morgan fingerprint density at radius 2 is 1.71 bits per heavy atom. The van der Waals surface area contributed by atoms with Crippen LogP contribution in [0.3, 0.4) is 0 Å². The molecule has 0 saturated carbocycles. The standard InChI is InChI=1S/C43H58N4O11/c1-25-20-30-38(46-19-10-8-7-9-18-45-37(51)17-15-29-14-16-32(48)33(49)23-29)34(50)24-31(40(30)53)47-42(54)26(2)12-11-13-35(56-5)41(58-43(44)55)28(4)22-27(3)39(52)36(21-25)57-6/h11-17,22-25,27,35-36,39,41,46,48-49,52H,7-10,18-21H2,1-6H3,(H2,44,55)(H,45,51)(H,47,54)/b13-11-,17-15+,26-12+,28-22+/t25-,27+,35+,36+,39-,41+/m1/s1. The monoisotopic (exact) mass is 806 g/mol. The Morgan fingerprint density at radius 3 is 2.36 bits per heavy atom. The molecule has 2 aliphatic rings. The number of ketones is 2. The predicted octanol–water partition coefficient (Wildman–Crippen LogP) is 4.15. The summed E-state index contributed by atoms with van der Waals surface area (Å²) in [6.07, 6.45) is 9.36. The van der Waals surface area contributed by atoms with Crippen LogP contribution in [0.2, 0.25) is 0 Å². The van der Waals surface area contributed by atoms with Crippen LogP contribution in [-0.2, 0) is 33.4 Å². The Bertz CT molecular complexity index is 1840. The normalized spacial score (nSPS) is 26.2.